The number of hydrogen-bond acceptors (Lipinski definition) is 3. The average molecular weight is 420 g/mol. The topological polar surface area (TPSA) is 51.4 Å². The van der Waals surface area contributed by atoms with E-state index in [-0.39, 0.29) is 0 Å². The predicted molar refractivity (Wildman–Crippen MR) is 126 cm³/mol. The van der Waals surface area contributed by atoms with Gasteiger partial charge in [0.1, 0.15) is 19.9 Å². The SMILES string of the molecule is CP(C)(=O)c1ccc2c(c1)c1ccc(P(C)(C)=O)cc1n1c3ccccc3nc21. The van der Waals surface area contributed by atoms with Crippen LogP contribution >= 0.6 is 14.3 Å². The van der Waals surface area contributed by atoms with Gasteiger partial charge >= 0.3 is 0 Å². The predicted octanol–water partition coefficient (Wildman–Crippen LogP) is 5.29. The molecule has 0 fully saturated rings. The van der Waals surface area contributed by atoms with Gasteiger partial charge in [0.2, 0.25) is 0 Å². The average Bonchev–Trinajstić information content (AvgIpc) is 3.06. The van der Waals surface area contributed by atoms with Crippen molar-refractivity contribution in [1.82, 2.24) is 9.38 Å². The lowest BCUT2D eigenvalue weighted by molar-refractivity contribution is 0.587. The largest absolute Gasteiger partial charge is 0.319 e. The van der Waals surface area contributed by atoms with Gasteiger partial charge in [0.05, 0.1) is 16.6 Å². The molecule has 0 aliphatic carbocycles. The second-order valence-corrected chi connectivity index (χ2v) is 14.8. The molecule has 0 spiro atoms. The molecule has 6 heteroatoms. The molecular weight excluding hydrogens is 398 g/mol. The standard InChI is InChI=1S/C23H22N2O2P2/c1-28(2,26)15-10-12-18-19(13-15)17-11-9-16(29(3,4)27)14-22(17)25-21-8-6-5-7-20(21)24-23(18)25/h5-14H,1-4H3. The van der Waals surface area contributed by atoms with Crippen molar-refractivity contribution in [2.75, 3.05) is 26.7 Å². The van der Waals surface area contributed by atoms with Crippen molar-refractivity contribution < 1.29 is 9.13 Å². The second-order valence-electron chi connectivity index (χ2n) is 8.39. The van der Waals surface area contributed by atoms with E-state index >= 15 is 0 Å². The van der Waals surface area contributed by atoms with Gasteiger partial charge < -0.3 is 9.13 Å². The number of fused-ring (bicyclic) bond motifs is 8. The van der Waals surface area contributed by atoms with Crippen molar-refractivity contribution in [3.8, 4) is 0 Å². The van der Waals surface area contributed by atoms with Gasteiger partial charge in [-0.3, -0.25) is 4.40 Å². The third-order valence-electron chi connectivity index (χ3n) is 5.56. The summed E-state index contributed by atoms with van der Waals surface area (Å²) in [6.07, 6.45) is 0. The van der Waals surface area contributed by atoms with Gasteiger partial charge in [0.15, 0.2) is 0 Å². The summed E-state index contributed by atoms with van der Waals surface area (Å²) in [5.74, 6) is 0. The highest BCUT2D eigenvalue weighted by Gasteiger charge is 2.19. The minimum absolute atomic E-state index is 0.844. The maximum absolute atomic E-state index is 12.8. The van der Waals surface area contributed by atoms with Crippen LogP contribution in [0.4, 0.5) is 0 Å². The van der Waals surface area contributed by atoms with Crippen LogP contribution in [0.15, 0.2) is 60.7 Å². The molecule has 0 saturated carbocycles. The van der Waals surface area contributed by atoms with Gasteiger partial charge in [-0.15, -0.1) is 0 Å². The van der Waals surface area contributed by atoms with Crippen molar-refractivity contribution in [1.29, 1.82) is 0 Å². The number of para-hydroxylation sites is 2. The third-order valence-corrected chi connectivity index (χ3v) is 8.60. The van der Waals surface area contributed by atoms with Crippen LogP contribution in [-0.2, 0) is 9.13 Å². The van der Waals surface area contributed by atoms with Crippen LogP contribution in [-0.4, -0.2) is 36.0 Å². The number of imidazole rings is 1. The van der Waals surface area contributed by atoms with Crippen LogP contribution in [0.25, 0.3) is 38.4 Å². The van der Waals surface area contributed by atoms with Gasteiger partial charge in [0.25, 0.3) is 0 Å². The molecule has 29 heavy (non-hydrogen) atoms. The first-order valence-electron chi connectivity index (χ1n) is 9.52. The van der Waals surface area contributed by atoms with E-state index in [0.717, 1.165) is 49.0 Å². The monoisotopic (exact) mass is 420 g/mol. The lowest BCUT2D eigenvalue weighted by Gasteiger charge is -2.14. The van der Waals surface area contributed by atoms with E-state index in [1.807, 2.05) is 54.6 Å². The molecule has 0 atom stereocenters. The number of nitrogens with zero attached hydrogens (tertiary/aromatic N) is 2. The molecule has 5 rings (SSSR count). The molecule has 0 aliphatic heterocycles. The molecule has 146 valence electrons. The summed E-state index contributed by atoms with van der Waals surface area (Å²) in [5, 5.41) is 4.79. The van der Waals surface area contributed by atoms with Gasteiger partial charge in [-0.2, -0.15) is 0 Å². The van der Waals surface area contributed by atoms with E-state index in [1.165, 1.54) is 0 Å². The van der Waals surface area contributed by atoms with E-state index in [2.05, 4.69) is 10.5 Å². The Labute approximate surface area is 169 Å². The summed E-state index contributed by atoms with van der Waals surface area (Å²) in [4.78, 5) is 4.90. The Hall–Kier alpha value is -2.41. The summed E-state index contributed by atoms with van der Waals surface area (Å²) in [7, 11) is -4.81. The third kappa shape index (κ3) is 2.86. The maximum Gasteiger partial charge on any atom is 0.146 e. The smallest absolute Gasteiger partial charge is 0.146 e. The quantitative estimate of drug-likeness (QED) is 0.288. The molecule has 3 aromatic carbocycles. The fraction of sp³-hybridized carbons (Fsp3) is 0.174. The Balaban J connectivity index is 2.08. The minimum atomic E-state index is -2.42. The van der Waals surface area contributed by atoms with Crippen LogP contribution in [0.1, 0.15) is 0 Å². The first-order valence-corrected chi connectivity index (χ1v) is 14.7. The van der Waals surface area contributed by atoms with Crippen LogP contribution in [0.2, 0.25) is 0 Å². The van der Waals surface area contributed by atoms with Gasteiger partial charge in [-0.05, 0) is 62.4 Å². The molecule has 0 unspecified atom stereocenters. The number of rotatable bonds is 2. The Morgan fingerprint density at radius 2 is 1.31 bits per heavy atom. The maximum atomic E-state index is 12.8. The summed E-state index contributed by atoms with van der Waals surface area (Å²) in [6, 6.07) is 20.1. The molecular formula is C23H22N2O2P2. The van der Waals surface area contributed by atoms with Crippen LogP contribution in [0, 0.1) is 0 Å². The number of pyridine rings is 1. The van der Waals surface area contributed by atoms with Gasteiger partial charge in [0, 0.05) is 21.4 Å². The zero-order valence-electron chi connectivity index (χ0n) is 16.9. The molecule has 0 amide bonds. The van der Waals surface area contributed by atoms with E-state index in [9.17, 15) is 9.13 Å². The Morgan fingerprint density at radius 3 is 2.00 bits per heavy atom. The Bertz CT molecular complexity index is 1550. The normalized spacial score (nSPS) is 13.1. The highest BCUT2D eigenvalue weighted by Crippen LogP contribution is 2.40. The zero-order valence-corrected chi connectivity index (χ0v) is 18.7. The Kier molecular flexibility index (Phi) is 3.88. The fourth-order valence-electron chi connectivity index (χ4n) is 4.00. The first-order chi connectivity index (χ1) is 13.6. The van der Waals surface area contributed by atoms with Crippen molar-refractivity contribution in [3.63, 3.8) is 0 Å². The molecule has 0 N–H and O–H groups in total. The summed E-state index contributed by atoms with van der Waals surface area (Å²) < 4.78 is 27.7. The fourth-order valence-corrected chi connectivity index (χ4v) is 5.74. The van der Waals surface area contributed by atoms with Gasteiger partial charge in [-0.1, -0.05) is 30.3 Å². The van der Waals surface area contributed by atoms with Crippen LogP contribution in [0.5, 0.6) is 0 Å². The molecule has 5 aromatic rings. The van der Waals surface area contributed by atoms with Crippen molar-refractivity contribution >= 4 is 63.2 Å². The van der Waals surface area contributed by atoms with E-state index in [1.54, 1.807) is 26.7 Å². The summed E-state index contributed by atoms with van der Waals surface area (Å²) >= 11 is 0. The van der Waals surface area contributed by atoms with Crippen molar-refractivity contribution in [3.05, 3.63) is 60.7 Å². The second kappa shape index (κ2) is 6.05. The molecule has 0 bridgehead atoms. The zero-order chi connectivity index (χ0) is 20.6. The van der Waals surface area contributed by atoms with Crippen molar-refractivity contribution in [2.24, 2.45) is 0 Å². The molecule has 0 radical (unpaired) electrons. The lowest BCUT2D eigenvalue weighted by Crippen LogP contribution is -2.06. The Morgan fingerprint density at radius 1 is 0.690 bits per heavy atom. The minimum Gasteiger partial charge on any atom is -0.319 e. The van der Waals surface area contributed by atoms with Gasteiger partial charge in [-0.25, -0.2) is 4.98 Å². The highest BCUT2D eigenvalue weighted by atomic mass is 31.2. The molecule has 0 aliphatic rings. The van der Waals surface area contributed by atoms with E-state index in [4.69, 9.17) is 4.98 Å². The first kappa shape index (κ1) is 18.6. The molecule has 4 nitrogen and oxygen atoms in total. The van der Waals surface area contributed by atoms with E-state index in [0.29, 0.717) is 0 Å². The highest BCUT2D eigenvalue weighted by molar-refractivity contribution is 7.70. The molecule has 2 heterocycles. The van der Waals surface area contributed by atoms with E-state index < -0.39 is 14.3 Å². The van der Waals surface area contributed by atoms with Crippen LogP contribution < -0.4 is 10.6 Å². The molecule has 2 aromatic heterocycles. The molecule has 0 saturated heterocycles. The number of aromatic nitrogens is 2. The summed E-state index contributed by atoms with van der Waals surface area (Å²) in [5.41, 5.74) is 3.78. The summed E-state index contributed by atoms with van der Waals surface area (Å²) in [6.45, 7) is 7.17. The lowest BCUT2D eigenvalue weighted by atomic mass is 10.1. The van der Waals surface area contributed by atoms with Crippen LogP contribution in [0.3, 0.4) is 0 Å². The number of hydrogen-bond donors (Lipinski definition) is 0. The van der Waals surface area contributed by atoms with Crippen molar-refractivity contribution in [2.45, 2.75) is 0 Å². The number of benzene rings is 3.